The fourth-order valence-electron chi connectivity index (χ4n) is 1.73. The molecule has 1 radical (unpaired) electrons. The number of hydrogen-bond acceptors (Lipinski definition) is 10. The van der Waals surface area contributed by atoms with Gasteiger partial charge in [0.2, 0.25) is 0 Å². The second kappa shape index (κ2) is 13.7. The maximum atomic E-state index is 10.6. The Bertz CT molecular complexity index is 1010. The van der Waals surface area contributed by atoms with Crippen LogP contribution in [0.1, 0.15) is 28.1 Å². The van der Waals surface area contributed by atoms with Gasteiger partial charge in [-0.05, 0) is 22.0 Å². The first-order valence-electron chi connectivity index (χ1n) is 7.15. The number of carboxylic acid groups (broad SMARTS) is 2. The zero-order valence-corrected chi connectivity index (χ0v) is 17.1. The number of hydrogen-bond donors (Lipinski definition) is 5. The van der Waals surface area contributed by atoms with Crippen molar-refractivity contribution in [1.82, 2.24) is 0 Å². The molecule has 165 valence electrons. The topological polar surface area (TPSA) is 225 Å². The average Bonchev–Trinajstić information content (AvgIpc) is 2.64. The van der Waals surface area contributed by atoms with Crippen molar-refractivity contribution in [3.63, 3.8) is 0 Å². The number of nitro benzene ring substituents is 2. The summed E-state index contributed by atoms with van der Waals surface area (Å²) in [6, 6.07) is 5.35. The first-order chi connectivity index (χ1) is 13.9. The molecule has 2 rings (SSSR count). The molecule has 0 atom stereocenters. The molecule has 16 heteroatoms. The van der Waals surface area contributed by atoms with Crippen molar-refractivity contribution in [1.29, 1.82) is 0 Å². The first kappa shape index (κ1) is 29.7. The number of carboxylic acids is 2. The first-order valence-corrected chi connectivity index (χ1v) is 8.34. The molecule has 0 saturated carbocycles. The van der Waals surface area contributed by atoms with Crippen LogP contribution in [0.3, 0.4) is 0 Å². The van der Waals surface area contributed by atoms with Gasteiger partial charge in [-0.25, -0.2) is 9.59 Å². The molecular formula is C15H16BBrN5O8S. The van der Waals surface area contributed by atoms with Crippen molar-refractivity contribution in [2.45, 2.75) is 7.43 Å². The second-order valence-corrected chi connectivity index (χ2v) is 5.99. The van der Waals surface area contributed by atoms with Gasteiger partial charge in [0.15, 0.2) is 0 Å². The standard InChI is InChI=1S/C7H5BrN2O4.C7H6N2O4.CH4.BHNS/c8-5-2-3(10(13)14)1-4(6(5)9)7(11)12;8-6-2-1-4(9(12)13)3-5(6)7(10)11;;1-2-3/h1-2H,9H2,(H,11,12);1-3H,8H2,(H,10,11);1H4;3H. The van der Waals surface area contributed by atoms with Crippen LogP contribution in [-0.4, -0.2) is 39.6 Å². The van der Waals surface area contributed by atoms with Gasteiger partial charge >= 0.3 is 36.7 Å². The Balaban J connectivity index is 0. The van der Waals surface area contributed by atoms with Crippen molar-refractivity contribution >= 4 is 71.1 Å². The van der Waals surface area contributed by atoms with E-state index in [0.717, 1.165) is 24.3 Å². The summed E-state index contributed by atoms with van der Waals surface area (Å²) in [7, 11) is 4.34. The number of anilines is 2. The van der Waals surface area contributed by atoms with E-state index < -0.39 is 21.8 Å². The van der Waals surface area contributed by atoms with Crippen LogP contribution in [0, 0.1) is 20.2 Å². The number of benzene rings is 2. The summed E-state index contributed by atoms with van der Waals surface area (Å²) in [5.74, 6) is -2.58. The number of nitrogen functional groups attached to an aromatic ring is 2. The summed E-state index contributed by atoms with van der Waals surface area (Å²) in [6.45, 7) is 0. The van der Waals surface area contributed by atoms with E-state index in [4.69, 9.17) is 21.7 Å². The summed E-state index contributed by atoms with van der Waals surface area (Å²) < 4.78 is 2.89. The van der Waals surface area contributed by atoms with Gasteiger partial charge in [-0.15, -0.1) is 0 Å². The van der Waals surface area contributed by atoms with Crippen LogP contribution >= 0.6 is 28.7 Å². The van der Waals surface area contributed by atoms with Crippen LogP contribution < -0.4 is 11.5 Å². The Morgan fingerprint density at radius 2 is 1.42 bits per heavy atom. The zero-order valence-electron chi connectivity index (χ0n) is 14.6. The van der Waals surface area contributed by atoms with E-state index in [-0.39, 0.29) is 45.8 Å². The average molecular weight is 517 g/mol. The number of thiol groups is 1. The Labute approximate surface area is 190 Å². The predicted molar refractivity (Wildman–Crippen MR) is 121 cm³/mol. The van der Waals surface area contributed by atoms with E-state index in [9.17, 15) is 29.8 Å². The molecule has 6 N–H and O–H groups in total. The Morgan fingerprint density at radius 1 is 1.00 bits per heavy atom. The number of aromatic carboxylic acids is 2. The summed E-state index contributed by atoms with van der Waals surface area (Å²) in [5, 5.41) is 37.9. The number of rotatable bonds is 4. The van der Waals surface area contributed by atoms with Crippen molar-refractivity contribution in [2.24, 2.45) is 4.30 Å². The van der Waals surface area contributed by atoms with E-state index in [1.54, 1.807) is 0 Å². The molecule has 0 aromatic heterocycles. The molecule has 0 spiro atoms. The van der Waals surface area contributed by atoms with E-state index in [1.165, 1.54) is 6.07 Å². The molecule has 2 aromatic rings. The van der Waals surface area contributed by atoms with Gasteiger partial charge in [0.05, 0.1) is 26.7 Å². The molecule has 0 aliphatic heterocycles. The van der Waals surface area contributed by atoms with E-state index in [0.29, 0.717) is 0 Å². The van der Waals surface area contributed by atoms with Gasteiger partial charge in [0.1, 0.15) is 0 Å². The number of nitrogens with two attached hydrogens (primary N) is 2. The number of nitrogens with zero attached hydrogens (tertiary/aromatic N) is 3. The third kappa shape index (κ3) is 9.22. The molecule has 13 nitrogen and oxygen atoms in total. The van der Waals surface area contributed by atoms with Crippen LogP contribution in [0.15, 0.2) is 39.1 Å². The SMILES string of the molecule is C.Nc1c(Br)cc([N+](=O)[O-])cc1C(=O)O.Nc1ccc([N+](=O)[O-])cc1C(=O)O.[B]=NS. The Hall–Kier alpha value is -3.53. The van der Waals surface area contributed by atoms with E-state index in [1.807, 2.05) is 0 Å². The molecule has 0 bridgehead atoms. The van der Waals surface area contributed by atoms with Gasteiger partial charge in [0.25, 0.3) is 11.4 Å². The second-order valence-electron chi connectivity index (χ2n) is 4.90. The molecular weight excluding hydrogens is 501 g/mol. The quantitative estimate of drug-likeness (QED) is 0.131. The summed E-state index contributed by atoms with van der Waals surface area (Å²) in [6.07, 6.45) is 0. The molecule has 2 aromatic carbocycles. The molecule has 0 aliphatic carbocycles. The molecule has 0 heterocycles. The minimum absolute atomic E-state index is 0. The molecule has 31 heavy (non-hydrogen) atoms. The minimum atomic E-state index is -1.30. The van der Waals surface area contributed by atoms with E-state index in [2.05, 4.69) is 40.7 Å². The molecule has 0 amide bonds. The molecule has 0 unspecified atom stereocenters. The number of non-ortho nitro benzene ring substituents is 2. The van der Waals surface area contributed by atoms with Crippen LogP contribution in [0.4, 0.5) is 22.7 Å². The number of halogens is 1. The van der Waals surface area contributed by atoms with Crippen LogP contribution in [-0.2, 0) is 0 Å². The Kier molecular flexibility index (Phi) is 13.1. The third-order valence-electron chi connectivity index (χ3n) is 3.03. The number of carbonyl (C=O) groups is 2. The van der Waals surface area contributed by atoms with Crippen molar-refractivity contribution in [3.8, 4) is 0 Å². The zero-order chi connectivity index (χ0) is 23.6. The fraction of sp³-hybridized carbons (Fsp3) is 0.0667. The van der Waals surface area contributed by atoms with E-state index >= 15 is 0 Å². The molecule has 0 saturated heterocycles. The third-order valence-corrected chi connectivity index (χ3v) is 3.69. The van der Waals surface area contributed by atoms with Crippen molar-refractivity contribution < 1.29 is 29.6 Å². The van der Waals surface area contributed by atoms with Gasteiger partial charge < -0.3 is 21.7 Å². The van der Waals surface area contributed by atoms with Crippen molar-refractivity contribution in [2.75, 3.05) is 11.5 Å². The van der Waals surface area contributed by atoms with Crippen LogP contribution in [0.2, 0.25) is 0 Å². The van der Waals surface area contributed by atoms with Gasteiger partial charge in [-0.1, -0.05) is 7.43 Å². The summed E-state index contributed by atoms with van der Waals surface area (Å²) in [4.78, 5) is 40.4. The maximum absolute atomic E-state index is 10.6. The Morgan fingerprint density at radius 3 is 1.81 bits per heavy atom. The van der Waals surface area contributed by atoms with Crippen LogP contribution in [0.25, 0.3) is 0 Å². The summed E-state index contributed by atoms with van der Waals surface area (Å²) >= 11 is 6.13. The van der Waals surface area contributed by atoms with Crippen LogP contribution in [0.5, 0.6) is 0 Å². The molecule has 0 fully saturated rings. The normalized spacial score (nSPS) is 8.81. The van der Waals surface area contributed by atoms with Crippen molar-refractivity contribution in [3.05, 3.63) is 66.2 Å². The number of nitro groups is 2. The summed E-state index contributed by atoms with van der Waals surface area (Å²) in [5.41, 5.74) is 9.53. The van der Waals surface area contributed by atoms with Gasteiger partial charge in [0, 0.05) is 34.4 Å². The predicted octanol–water partition coefficient (Wildman–Crippen LogP) is 3.33. The molecule has 0 aliphatic rings. The monoisotopic (exact) mass is 516 g/mol. The van der Waals surface area contributed by atoms with Gasteiger partial charge in [-0.3, -0.25) is 20.2 Å². The van der Waals surface area contributed by atoms with Gasteiger partial charge in [-0.2, -0.15) is 0 Å². The fourth-order valence-corrected chi connectivity index (χ4v) is 2.18.